The number of amides is 1. The summed E-state index contributed by atoms with van der Waals surface area (Å²) in [5.41, 5.74) is 2.82. The van der Waals surface area contributed by atoms with Gasteiger partial charge in [-0.1, -0.05) is 12.1 Å². The molecule has 1 aromatic heterocycles. The summed E-state index contributed by atoms with van der Waals surface area (Å²) in [5.74, 6) is 0.169. The molecular formula is C30H30N2O6. The van der Waals surface area contributed by atoms with Crippen LogP contribution >= 0.6 is 0 Å². The average Bonchev–Trinajstić information content (AvgIpc) is 3.41. The fraction of sp³-hybridized carbons (Fsp3) is 0.300. The van der Waals surface area contributed by atoms with Gasteiger partial charge in [0.2, 0.25) is 0 Å². The molecule has 0 bridgehead atoms. The molecule has 1 saturated heterocycles. The first kappa shape index (κ1) is 25.3. The first-order valence-electron chi connectivity index (χ1n) is 12.8. The molecule has 8 heteroatoms. The second-order valence-corrected chi connectivity index (χ2v) is 9.32. The highest BCUT2D eigenvalue weighted by molar-refractivity contribution is 6.46. The van der Waals surface area contributed by atoms with Crippen LogP contribution in [0.15, 0.2) is 66.5 Å². The first-order valence-corrected chi connectivity index (χ1v) is 12.8. The monoisotopic (exact) mass is 514 g/mol. The Bertz CT molecular complexity index is 1400. The van der Waals surface area contributed by atoms with Crippen molar-refractivity contribution in [3.05, 3.63) is 88.8 Å². The van der Waals surface area contributed by atoms with Crippen molar-refractivity contribution in [1.29, 1.82) is 0 Å². The Kier molecular flexibility index (Phi) is 7.05. The Morgan fingerprint density at radius 3 is 2.61 bits per heavy atom. The number of rotatable bonds is 8. The summed E-state index contributed by atoms with van der Waals surface area (Å²) in [7, 11) is 0. The Morgan fingerprint density at radius 1 is 1.08 bits per heavy atom. The van der Waals surface area contributed by atoms with Gasteiger partial charge < -0.3 is 24.2 Å². The minimum atomic E-state index is -0.839. The number of aliphatic hydroxyl groups is 1. The number of ether oxygens (including phenoxy) is 3. The van der Waals surface area contributed by atoms with Crippen LogP contribution in [0.4, 0.5) is 0 Å². The van der Waals surface area contributed by atoms with E-state index in [1.165, 1.54) is 4.90 Å². The standard InChI is InChI=1S/C30H30N2O6/c1-4-36-24-11-8-20(15-25(24)37-5-2)27-26(28(33)21-9-10-23-22(14-21)13-18(3)38-23)29(34)30(35)32(27)17-19-7-6-12-31-16-19/h6-12,14-16,18,27,33H,4-5,13,17H2,1-3H3/t18-,27-/m1/s1. The molecule has 0 spiro atoms. The van der Waals surface area contributed by atoms with Gasteiger partial charge in [-0.2, -0.15) is 0 Å². The van der Waals surface area contributed by atoms with Crippen LogP contribution in [0.3, 0.4) is 0 Å². The molecule has 1 amide bonds. The lowest BCUT2D eigenvalue weighted by molar-refractivity contribution is -0.140. The minimum absolute atomic E-state index is 0.0254. The maximum absolute atomic E-state index is 13.5. The summed E-state index contributed by atoms with van der Waals surface area (Å²) in [5, 5.41) is 11.5. The van der Waals surface area contributed by atoms with Gasteiger partial charge in [0, 0.05) is 30.9 Å². The highest BCUT2D eigenvalue weighted by Gasteiger charge is 2.46. The van der Waals surface area contributed by atoms with Gasteiger partial charge in [-0.05, 0) is 73.9 Å². The minimum Gasteiger partial charge on any atom is -0.507 e. The molecule has 0 unspecified atom stereocenters. The zero-order valence-corrected chi connectivity index (χ0v) is 21.6. The lowest BCUT2D eigenvalue weighted by Gasteiger charge is -2.26. The van der Waals surface area contributed by atoms with Crippen LogP contribution in [-0.2, 0) is 22.6 Å². The SMILES string of the molecule is CCOc1ccc([C@@H]2C(=C(O)c3ccc4c(c3)C[C@@H](C)O4)C(=O)C(=O)N2Cc2cccnc2)cc1OCC. The van der Waals surface area contributed by atoms with Crippen molar-refractivity contribution in [2.45, 2.75) is 45.9 Å². The molecule has 196 valence electrons. The third-order valence-electron chi connectivity index (χ3n) is 6.67. The molecule has 2 aliphatic heterocycles. The van der Waals surface area contributed by atoms with Gasteiger partial charge in [-0.25, -0.2) is 0 Å². The van der Waals surface area contributed by atoms with Crippen LogP contribution in [0.1, 0.15) is 49.1 Å². The molecule has 0 radical (unpaired) electrons. The third-order valence-corrected chi connectivity index (χ3v) is 6.67. The summed E-state index contributed by atoms with van der Waals surface area (Å²) in [6.45, 7) is 6.75. The van der Waals surface area contributed by atoms with Crippen molar-refractivity contribution in [1.82, 2.24) is 9.88 Å². The average molecular weight is 515 g/mol. The number of carbonyl (C=O) groups is 2. The molecule has 5 rings (SSSR count). The van der Waals surface area contributed by atoms with E-state index >= 15 is 0 Å². The number of carbonyl (C=O) groups excluding carboxylic acids is 2. The van der Waals surface area contributed by atoms with Crippen LogP contribution < -0.4 is 14.2 Å². The second-order valence-electron chi connectivity index (χ2n) is 9.32. The predicted octanol–water partition coefficient (Wildman–Crippen LogP) is 4.82. The van der Waals surface area contributed by atoms with E-state index in [0.29, 0.717) is 42.3 Å². The van der Waals surface area contributed by atoms with Gasteiger partial charge in [0.1, 0.15) is 17.6 Å². The van der Waals surface area contributed by atoms with E-state index in [1.54, 1.807) is 48.8 Å². The fourth-order valence-corrected chi connectivity index (χ4v) is 5.04. The number of Topliss-reactive ketones (excluding diaryl/α,β-unsaturated/α-hetero) is 1. The Morgan fingerprint density at radius 2 is 1.87 bits per heavy atom. The van der Waals surface area contributed by atoms with Crippen LogP contribution in [-0.4, -0.2) is 46.0 Å². The summed E-state index contributed by atoms with van der Waals surface area (Å²) >= 11 is 0. The second kappa shape index (κ2) is 10.6. The Labute approximate surface area is 221 Å². The lowest BCUT2D eigenvalue weighted by Crippen LogP contribution is -2.29. The molecule has 0 saturated carbocycles. The number of benzene rings is 2. The van der Waals surface area contributed by atoms with Gasteiger partial charge in [0.25, 0.3) is 11.7 Å². The van der Waals surface area contributed by atoms with Crippen molar-refractivity contribution in [2.75, 3.05) is 13.2 Å². The smallest absolute Gasteiger partial charge is 0.295 e. The zero-order chi connectivity index (χ0) is 26.8. The Hall–Kier alpha value is -4.33. The van der Waals surface area contributed by atoms with Crippen LogP contribution in [0.25, 0.3) is 5.76 Å². The van der Waals surface area contributed by atoms with Gasteiger partial charge >= 0.3 is 0 Å². The number of pyridine rings is 1. The Balaban J connectivity index is 1.65. The number of hydrogen-bond donors (Lipinski definition) is 1. The molecule has 38 heavy (non-hydrogen) atoms. The van der Waals surface area contributed by atoms with Crippen molar-refractivity contribution in [3.8, 4) is 17.2 Å². The summed E-state index contributed by atoms with van der Waals surface area (Å²) < 4.78 is 17.3. The number of nitrogens with zero attached hydrogens (tertiary/aromatic N) is 2. The van der Waals surface area contributed by atoms with E-state index < -0.39 is 17.7 Å². The van der Waals surface area contributed by atoms with Crippen LogP contribution in [0, 0.1) is 0 Å². The number of ketones is 1. The molecule has 3 aromatic rings. The molecule has 2 aliphatic rings. The van der Waals surface area contributed by atoms with Gasteiger partial charge in [-0.3, -0.25) is 14.6 Å². The van der Waals surface area contributed by atoms with Crippen LogP contribution in [0.2, 0.25) is 0 Å². The molecule has 1 fully saturated rings. The highest BCUT2D eigenvalue weighted by Crippen LogP contribution is 2.43. The zero-order valence-electron chi connectivity index (χ0n) is 21.6. The van der Waals surface area contributed by atoms with Gasteiger partial charge in [-0.15, -0.1) is 0 Å². The summed E-state index contributed by atoms with van der Waals surface area (Å²) in [6.07, 6.45) is 4.04. The molecule has 0 aliphatic carbocycles. The molecule has 2 aromatic carbocycles. The summed E-state index contributed by atoms with van der Waals surface area (Å²) in [6, 6.07) is 13.4. The van der Waals surface area contributed by atoms with Gasteiger partial charge in [0.15, 0.2) is 11.5 Å². The quantitative estimate of drug-likeness (QED) is 0.261. The normalized spacial score (nSPS) is 19.8. The molecule has 2 atom stereocenters. The van der Waals surface area contributed by atoms with Crippen molar-refractivity contribution in [3.63, 3.8) is 0 Å². The topological polar surface area (TPSA) is 98.2 Å². The fourth-order valence-electron chi connectivity index (χ4n) is 5.04. The van der Waals surface area contributed by atoms with E-state index in [4.69, 9.17) is 14.2 Å². The number of fused-ring (bicyclic) bond motifs is 1. The maximum atomic E-state index is 13.5. The lowest BCUT2D eigenvalue weighted by atomic mass is 9.94. The van der Waals surface area contributed by atoms with E-state index in [2.05, 4.69) is 4.98 Å². The number of aliphatic hydroxyl groups excluding tert-OH is 1. The maximum Gasteiger partial charge on any atom is 0.295 e. The van der Waals surface area contributed by atoms with Crippen molar-refractivity contribution < 1.29 is 28.9 Å². The van der Waals surface area contributed by atoms with E-state index in [9.17, 15) is 14.7 Å². The first-order chi connectivity index (χ1) is 18.4. The van der Waals surface area contributed by atoms with E-state index in [-0.39, 0.29) is 24.0 Å². The van der Waals surface area contributed by atoms with Crippen molar-refractivity contribution >= 4 is 17.4 Å². The van der Waals surface area contributed by atoms with E-state index in [0.717, 1.165) is 16.9 Å². The molecular weight excluding hydrogens is 484 g/mol. The number of aromatic nitrogens is 1. The molecule has 1 N–H and O–H groups in total. The third kappa shape index (κ3) is 4.69. The largest absolute Gasteiger partial charge is 0.507 e. The number of likely N-dealkylation sites (tertiary alicyclic amines) is 1. The predicted molar refractivity (Wildman–Crippen MR) is 141 cm³/mol. The molecule has 3 heterocycles. The highest BCUT2D eigenvalue weighted by atomic mass is 16.5. The summed E-state index contributed by atoms with van der Waals surface area (Å²) in [4.78, 5) is 32.5. The van der Waals surface area contributed by atoms with Gasteiger partial charge in [0.05, 0.1) is 24.8 Å². The van der Waals surface area contributed by atoms with Crippen LogP contribution in [0.5, 0.6) is 17.2 Å². The van der Waals surface area contributed by atoms with Crippen molar-refractivity contribution in [2.24, 2.45) is 0 Å². The van der Waals surface area contributed by atoms with E-state index in [1.807, 2.05) is 32.9 Å². The molecule has 8 nitrogen and oxygen atoms in total. The number of hydrogen-bond acceptors (Lipinski definition) is 7.